The Bertz CT molecular complexity index is 1300. The van der Waals surface area contributed by atoms with Crippen LogP contribution in [0.25, 0.3) is 0 Å². The van der Waals surface area contributed by atoms with E-state index in [1.54, 1.807) is 61.5 Å². The predicted molar refractivity (Wildman–Crippen MR) is 134 cm³/mol. The minimum Gasteiger partial charge on any atom is -0.489 e. The smallest absolute Gasteiger partial charge is 0.430 e. The third-order valence-electron chi connectivity index (χ3n) is 6.78. The number of fused-ring (bicyclic) bond motifs is 1. The number of nitrogens with zero attached hydrogens (tertiary/aromatic N) is 1. The van der Waals surface area contributed by atoms with Crippen LogP contribution in [0.5, 0.6) is 5.75 Å². The number of benzene rings is 3. The lowest BCUT2D eigenvalue weighted by atomic mass is 9.89. The Morgan fingerprint density at radius 2 is 1.59 bits per heavy atom. The lowest BCUT2D eigenvalue weighted by molar-refractivity contribution is -0.376. The van der Waals surface area contributed by atoms with E-state index in [2.05, 4.69) is 0 Å². The van der Waals surface area contributed by atoms with Crippen molar-refractivity contribution in [3.05, 3.63) is 94.5 Å². The van der Waals surface area contributed by atoms with Crippen LogP contribution in [-0.2, 0) is 16.8 Å². The monoisotopic (exact) mass is 571 g/mol. The van der Waals surface area contributed by atoms with Gasteiger partial charge in [0.25, 0.3) is 5.60 Å². The number of rotatable bonds is 5. The second kappa shape index (κ2) is 10.7. The van der Waals surface area contributed by atoms with Gasteiger partial charge in [-0.25, -0.2) is 0 Å². The third-order valence-corrected chi connectivity index (χ3v) is 7.03. The average molecular weight is 572 g/mol. The Kier molecular flexibility index (Phi) is 7.91. The Hall–Kier alpha value is -3.24. The van der Waals surface area contributed by atoms with Gasteiger partial charge in [0.05, 0.1) is 12.5 Å². The number of carbonyl (C=O) groups is 1. The van der Waals surface area contributed by atoms with Gasteiger partial charge >= 0.3 is 12.4 Å². The Morgan fingerprint density at radius 3 is 2.18 bits per heavy atom. The highest BCUT2D eigenvalue weighted by molar-refractivity contribution is 6.30. The molecule has 0 saturated heterocycles. The fourth-order valence-corrected chi connectivity index (χ4v) is 4.73. The fourth-order valence-electron chi connectivity index (χ4n) is 4.60. The van der Waals surface area contributed by atoms with Crippen molar-refractivity contribution in [2.75, 3.05) is 11.4 Å². The summed E-state index contributed by atoms with van der Waals surface area (Å²) in [4.78, 5) is 15.0. The molecule has 1 heterocycles. The van der Waals surface area contributed by atoms with E-state index < -0.39 is 41.4 Å². The molecule has 0 aromatic heterocycles. The molecule has 0 fully saturated rings. The number of aryl methyl sites for hydroxylation is 1. The van der Waals surface area contributed by atoms with Crippen molar-refractivity contribution in [1.82, 2.24) is 0 Å². The summed E-state index contributed by atoms with van der Waals surface area (Å²) in [6.07, 6.45) is -12.5. The first-order chi connectivity index (χ1) is 18.2. The van der Waals surface area contributed by atoms with E-state index in [4.69, 9.17) is 16.3 Å². The maximum absolute atomic E-state index is 13.7. The molecule has 1 N–H and O–H groups in total. The minimum atomic E-state index is -6.03. The molecule has 0 saturated carbocycles. The van der Waals surface area contributed by atoms with Gasteiger partial charge in [-0.3, -0.25) is 4.79 Å². The molecule has 0 aliphatic carbocycles. The molecule has 208 valence electrons. The fraction of sp³-hybridized carbons (Fsp3) is 0.321. The second-order valence-electron chi connectivity index (χ2n) is 9.36. The molecule has 0 radical (unpaired) electrons. The summed E-state index contributed by atoms with van der Waals surface area (Å²) >= 11 is 5.93. The highest BCUT2D eigenvalue weighted by atomic mass is 35.5. The summed E-state index contributed by atoms with van der Waals surface area (Å²) in [7, 11) is 0. The lowest BCUT2D eigenvalue weighted by Crippen LogP contribution is -2.54. The van der Waals surface area contributed by atoms with Crippen molar-refractivity contribution >= 4 is 23.2 Å². The van der Waals surface area contributed by atoms with Gasteiger partial charge in [0.1, 0.15) is 11.9 Å². The summed E-state index contributed by atoms with van der Waals surface area (Å²) in [6, 6.07) is 17.5. The predicted octanol–water partition coefficient (Wildman–Crippen LogP) is 7.18. The zero-order chi connectivity index (χ0) is 28.6. The molecular weight excluding hydrogens is 548 g/mol. The maximum Gasteiger partial charge on any atom is 0.430 e. The van der Waals surface area contributed by atoms with Crippen LogP contribution in [0.3, 0.4) is 0 Å². The number of ether oxygens (including phenoxy) is 1. The van der Waals surface area contributed by atoms with Crippen molar-refractivity contribution in [3.63, 3.8) is 0 Å². The summed E-state index contributed by atoms with van der Waals surface area (Å²) in [5, 5.41) is 10.4. The van der Waals surface area contributed by atoms with Crippen LogP contribution in [-0.4, -0.2) is 36.0 Å². The quantitative estimate of drug-likeness (QED) is 0.330. The normalized spacial score (nSPS) is 17.3. The van der Waals surface area contributed by atoms with E-state index in [1.165, 1.54) is 4.90 Å². The molecule has 1 aliphatic rings. The third kappa shape index (κ3) is 5.72. The molecule has 2 atom stereocenters. The van der Waals surface area contributed by atoms with Crippen LogP contribution in [0.2, 0.25) is 5.02 Å². The highest BCUT2D eigenvalue weighted by Crippen LogP contribution is 2.51. The first-order valence-corrected chi connectivity index (χ1v) is 12.4. The van der Waals surface area contributed by atoms with Crippen LogP contribution in [0.1, 0.15) is 36.0 Å². The molecule has 11 heteroatoms. The number of hydrogen-bond donors (Lipinski definition) is 1. The topological polar surface area (TPSA) is 49.8 Å². The van der Waals surface area contributed by atoms with Gasteiger partial charge < -0.3 is 14.7 Å². The number of aliphatic hydroxyl groups is 1. The highest BCUT2D eigenvalue weighted by Gasteiger charge is 2.71. The number of hydrogen-bond acceptors (Lipinski definition) is 3. The number of carbonyl (C=O) groups excluding carboxylic acids is 1. The van der Waals surface area contributed by atoms with Crippen LogP contribution in [0, 0.1) is 0 Å². The van der Waals surface area contributed by atoms with E-state index >= 15 is 0 Å². The van der Waals surface area contributed by atoms with E-state index in [1.807, 2.05) is 0 Å². The van der Waals surface area contributed by atoms with Crippen LogP contribution >= 0.6 is 11.6 Å². The summed E-state index contributed by atoms with van der Waals surface area (Å²) in [6.45, 7) is 1.66. The molecule has 1 amide bonds. The molecular formula is C28H24ClF6NO3. The van der Waals surface area contributed by atoms with E-state index in [9.17, 15) is 36.2 Å². The Labute approximate surface area is 225 Å². The van der Waals surface area contributed by atoms with Gasteiger partial charge in [0.2, 0.25) is 5.91 Å². The SMILES string of the molecule is C[C@H](C(=O)N1C[C@@H](Oc2ccc(Cl)cc2)CCc2cc(C(O)(C(F)(F)F)C(F)(F)F)ccc21)c1ccccc1. The van der Waals surface area contributed by atoms with Crippen molar-refractivity contribution < 1.29 is 41.0 Å². The number of halogens is 7. The average Bonchev–Trinajstić information content (AvgIpc) is 3.07. The van der Waals surface area contributed by atoms with Gasteiger partial charge in [-0.2, -0.15) is 26.3 Å². The molecule has 0 spiro atoms. The molecule has 1 aliphatic heterocycles. The lowest BCUT2D eigenvalue weighted by Gasteiger charge is -2.34. The summed E-state index contributed by atoms with van der Waals surface area (Å²) in [5.41, 5.74) is -5.56. The van der Waals surface area contributed by atoms with Crippen molar-refractivity contribution in [2.45, 2.75) is 49.7 Å². The number of amides is 1. The largest absolute Gasteiger partial charge is 0.489 e. The minimum absolute atomic E-state index is 0.00325. The summed E-state index contributed by atoms with van der Waals surface area (Å²) in [5.74, 6) is -0.651. The van der Waals surface area contributed by atoms with Crippen LogP contribution < -0.4 is 9.64 Å². The van der Waals surface area contributed by atoms with E-state index in [-0.39, 0.29) is 30.6 Å². The molecule has 0 unspecified atom stereocenters. The first kappa shape index (κ1) is 28.8. The van der Waals surface area contributed by atoms with Crippen molar-refractivity contribution in [1.29, 1.82) is 0 Å². The number of alkyl halides is 6. The first-order valence-electron chi connectivity index (χ1n) is 12.0. The van der Waals surface area contributed by atoms with Crippen molar-refractivity contribution in [3.8, 4) is 5.75 Å². The van der Waals surface area contributed by atoms with E-state index in [0.29, 0.717) is 28.5 Å². The molecule has 0 bridgehead atoms. The van der Waals surface area contributed by atoms with E-state index in [0.717, 1.165) is 6.07 Å². The maximum atomic E-state index is 13.7. The van der Waals surface area contributed by atoms with Gasteiger partial charge in [-0.15, -0.1) is 0 Å². The number of anilines is 1. The Morgan fingerprint density at radius 1 is 0.974 bits per heavy atom. The van der Waals surface area contributed by atoms with Crippen LogP contribution in [0.4, 0.5) is 32.0 Å². The molecule has 3 aromatic carbocycles. The van der Waals surface area contributed by atoms with Gasteiger partial charge in [0.15, 0.2) is 0 Å². The standard InChI is InChI=1S/C28H24ClF6NO3/c1-17(18-5-3-2-4-6-18)25(37)36-16-23(39-22-12-9-21(29)10-13-22)11-7-19-15-20(8-14-24(19)36)26(38,27(30,31)32)28(33,34)35/h2-6,8-10,12-15,17,23,38H,7,11,16H2,1H3/t17-,23-/m0/s1. The molecule has 3 aromatic rings. The second-order valence-corrected chi connectivity index (χ2v) is 9.80. The van der Waals surface area contributed by atoms with Gasteiger partial charge in [-0.1, -0.05) is 54.1 Å². The summed E-state index contributed by atoms with van der Waals surface area (Å²) < 4.78 is 87.4. The van der Waals surface area contributed by atoms with Gasteiger partial charge in [0, 0.05) is 16.3 Å². The zero-order valence-electron chi connectivity index (χ0n) is 20.6. The Balaban J connectivity index is 1.76. The van der Waals surface area contributed by atoms with Crippen LogP contribution in [0.15, 0.2) is 72.8 Å². The molecule has 4 nitrogen and oxygen atoms in total. The van der Waals surface area contributed by atoms with Gasteiger partial charge in [-0.05, 0) is 61.2 Å². The molecule has 4 rings (SSSR count). The van der Waals surface area contributed by atoms with Crippen molar-refractivity contribution in [2.24, 2.45) is 0 Å². The molecule has 39 heavy (non-hydrogen) atoms. The zero-order valence-corrected chi connectivity index (χ0v) is 21.3.